The van der Waals surface area contributed by atoms with Crippen LogP contribution in [0.15, 0.2) is 92.4 Å². The lowest BCUT2D eigenvalue weighted by Crippen LogP contribution is -2.05. The van der Waals surface area contributed by atoms with Gasteiger partial charge in [0, 0.05) is 30.7 Å². The monoisotopic (exact) mass is 728 g/mol. The molecule has 0 radical (unpaired) electrons. The van der Waals surface area contributed by atoms with Crippen LogP contribution in [0.3, 0.4) is 0 Å². The number of alkyl halides is 2. The van der Waals surface area contributed by atoms with E-state index in [2.05, 4.69) is 56.1 Å². The van der Waals surface area contributed by atoms with Crippen LogP contribution in [-0.2, 0) is 0 Å². The zero-order chi connectivity index (χ0) is 30.8. The van der Waals surface area contributed by atoms with Crippen LogP contribution >= 0.6 is 55.4 Å². The van der Waals surface area contributed by atoms with Crippen LogP contribution in [0, 0.1) is 27.7 Å². The molecule has 0 spiro atoms. The Kier molecular flexibility index (Phi) is 13.2. The van der Waals surface area contributed by atoms with Crippen molar-refractivity contribution < 1.29 is 19.1 Å². The first-order chi connectivity index (χ1) is 20.1. The normalized spacial score (nSPS) is 10.5. The number of carbonyl (C=O) groups excluding carboxylic acids is 2. The van der Waals surface area contributed by atoms with Crippen molar-refractivity contribution in [2.75, 3.05) is 24.9 Å². The largest absolute Gasteiger partial charge is 0.497 e. The zero-order valence-electron chi connectivity index (χ0n) is 24.5. The van der Waals surface area contributed by atoms with Crippen molar-refractivity contribution in [3.8, 4) is 11.5 Å². The maximum Gasteiger partial charge on any atom is 0.173 e. The number of benzene rings is 4. The summed E-state index contributed by atoms with van der Waals surface area (Å²) in [6.07, 6.45) is 0. The molecule has 0 fully saturated rings. The van der Waals surface area contributed by atoms with Crippen molar-refractivity contribution in [2.24, 2.45) is 0 Å². The molecular weight excluding hydrogens is 696 g/mol. The minimum absolute atomic E-state index is 0.131. The molecule has 0 atom stereocenters. The third-order valence-corrected chi connectivity index (χ3v) is 9.38. The highest BCUT2D eigenvalue weighted by Crippen LogP contribution is 2.33. The Bertz CT molecular complexity index is 1370. The summed E-state index contributed by atoms with van der Waals surface area (Å²) in [5.74, 6) is 1.96. The van der Waals surface area contributed by atoms with Crippen LogP contribution in [0.5, 0.6) is 11.5 Å². The smallest absolute Gasteiger partial charge is 0.173 e. The van der Waals surface area contributed by atoms with Crippen LogP contribution in [0.25, 0.3) is 0 Å². The van der Waals surface area contributed by atoms with E-state index in [4.69, 9.17) is 9.47 Å². The van der Waals surface area contributed by atoms with Gasteiger partial charge in [0.15, 0.2) is 11.6 Å². The predicted molar refractivity (Wildman–Crippen MR) is 182 cm³/mol. The number of methoxy groups -OCH3 is 2. The van der Waals surface area contributed by atoms with Crippen molar-refractivity contribution in [1.29, 1.82) is 0 Å². The van der Waals surface area contributed by atoms with Crippen LogP contribution in [0.1, 0.15) is 43.0 Å². The van der Waals surface area contributed by atoms with E-state index in [0.29, 0.717) is 10.7 Å². The molecule has 42 heavy (non-hydrogen) atoms. The van der Waals surface area contributed by atoms with Gasteiger partial charge < -0.3 is 9.47 Å². The third kappa shape index (κ3) is 9.24. The molecule has 4 aromatic rings. The van der Waals surface area contributed by atoms with E-state index in [9.17, 15) is 9.59 Å². The second-order valence-electron chi connectivity index (χ2n) is 9.53. The van der Waals surface area contributed by atoms with Crippen LogP contribution < -0.4 is 9.47 Å². The zero-order valence-corrected chi connectivity index (χ0v) is 29.4. The molecule has 0 saturated heterocycles. The number of Topliss-reactive ketones (excluding diaryl/α,β-unsaturated/α-hetero) is 2. The van der Waals surface area contributed by atoms with E-state index in [0.717, 1.165) is 64.5 Å². The first-order valence-electron chi connectivity index (χ1n) is 13.1. The Morgan fingerprint density at radius 3 is 1.07 bits per heavy atom. The molecule has 0 saturated carbocycles. The minimum Gasteiger partial charge on any atom is -0.497 e. The molecule has 220 valence electrons. The molecule has 0 heterocycles. The minimum atomic E-state index is 0.131. The molecule has 4 aromatic carbocycles. The van der Waals surface area contributed by atoms with Crippen LogP contribution in [-0.4, -0.2) is 36.4 Å². The quantitative estimate of drug-likeness (QED) is 0.120. The Balaban J connectivity index is 0.000000230. The van der Waals surface area contributed by atoms with Gasteiger partial charge in [-0.25, -0.2) is 0 Å². The molecule has 0 aliphatic carbocycles. The molecule has 0 amide bonds. The molecule has 0 bridgehead atoms. The van der Waals surface area contributed by atoms with Gasteiger partial charge in [-0.2, -0.15) is 0 Å². The highest BCUT2D eigenvalue weighted by molar-refractivity contribution is 9.09. The van der Waals surface area contributed by atoms with Crippen molar-refractivity contribution >= 4 is 67.0 Å². The number of rotatable bonds is 10. The van der Waals surface area contributed by atoms with Crippen LogP contribution in [0.4, 0.5) is 0 Å². The van der Waals surface area contributed by atoms with E-state index in [1.165, 1.54) is 0 Å². The van der Waals surface area contributed by atoms with Gasteiger partial charge in [-0.1, -0.05) is 55.4 Å². The number of hydrogen-bond acceptors (Lipinski definition) is 6. The highest BCUT2D eigenvalue weighted by Gasteiger charge is 2.14. The summed E-state index contributed by atoms with van der Waals surface area (Å²) in [6, 6.07) is 24.2. The van der Waals surface area contributed by atoms with Gasteiger partial charge in [0.25, 0.3) is 0 Å². The maximum atomic E-state index is 11.9. The summed E-state index contributed by atoms with van der Waals surface area (Å²) < 4.78 is 10.3. The third-order valence-electron chi connectivity index (χ3n) is 6.40. The van der Waals surface area contributed by atoms with Crippen molar-refractivity contribution in [2.45, 2.75) is 47.3 Å². The number of halogens is 2. The number of hydrogen-bond donors (Lipinski definition) is 0. The molecular formula is C34H34Br2O4S2. The molecule has 8 heteroatoms. The number of aryl methyl sites for hydroxylation is 4. The molecule has 0 N–H and O–H groups in total. The Labute approximate surface area is 274 Å². The summed E-state index contributed by atoms with van der Waals surface area (Å²) in [7, 11) is 3.32. The topological polar surface area (TPSA) is 52.6 Å². The van der Waals surface area contributed by atoms with Crippen LogP contribution in [0.2, 0.25) is 0 Å². The van der Waals surface area contributed by atoms with E-state index in [1.54, 1.807) is 37.7 Å². The van der Waals surface area contributed by atoms with Crippen molar-refractivity contribution in [1.82, 2.24) is 0 Å². The van der Waals surface area contributed by atoms with Gasteiger partial charge in [0.05, 0.1) is 24.9 Å². The van der Waals surface area contributed by atoms with Gasteiger partial charge in [-0.3, -0.25) is 9.59 Å². The summed E-state index contributed by atoms with van der Waals surface area (Å²) >= 11 is 9.85. The summed E-state index contributed by atoms with van der Waals surface area (Å²) in [5, 5.41) is 0.722. The Morgan fingerprint density at radius 2 is 0.833 bits per heavy atom. The second kappa shape index (κ2) is 16.4. The molecule has 0 unspecified atom stereocenters. The summed E-state index contributed by atoms with van der Waals surface area (Å²) in [4.78, 5) is 28.4. The van der Waals surface area contributed by atoms with E-state index in [1.807, 2.05) is 76.2 Å². The lowest BCUT2D eigenvalue weighted by atomic mass is 10.00. The average Bonchev–Trinajstić information content (AvgIpc) is 2.97. The number of ketones is 2. The Hall–Kier alpha value is -2.52. The lowest BCUT2D eigenvalue weighted by Gasteiger charge is -2.11. The van der Waals surface area contributed by atoms with Gasteiger partial charge in [-0.15, -0.1) is 0 Å². The maximum absolute atomic E-state index is 11.9. The number of carbonyl (C=O) groups is 2. The fraction of sp³-hybridized carbons (Fsp3) is 0.235. The molecule has 4 nitrogen and oxygen atoms in total. The summed E-state index contributed by atoms with van der Waals surface area (Å²) in [5.41, 5.74) is 5.74. The SMILES string of the molecule is COc1ccc(Sc2cc(C)c(C(=O)CBr)c(C)c2)cc1.COc1ccc(Sc2cc(C)c(C(=O)CBr)c(C)c2)cc1. The molecule has 0 aliphatic rings. The molecule has 0 aliphatic heterocycles. The van der Waals surface area contributed by atoms with Gasteiger partial charge in [-0.05, 0) is 123 Å². The fourth-order valence-corrected chi connectivity index (χ4v) is 7.13. The average molecular weight is 731 g/mol. The van der Waals surface area contributed by atoms with Gasteiger partial charge in [0.1, 0.15) is 11.5 Å². The summed E-state index contributed by atoms with van der Waals surface area (Å²) in [6.45, 7) is 7.95. The molecule has 4 rings (SSSR count). The van der Waals surface area contributed by atoms with E-state index in [-0.39, 0.29) is 11.6 Å². The predicted octanol–water partition coefficient (Wildman–Crippen LogP) is 10.1. The first kappa shape index (κ1) is 34.0. The highest BCUT2D eigenvalue weighted by atomic mass is 79.9. The van der Waals surface area contributed by atoms with E-state index >= 15 is 0 Å². The Morgan fingerprint density at radius 1 is 0.548 bits per heavy atom. The number of ether oxygens (including phenoxy) is 2. The standard InChI is InChI=1S/2C17H17BrO2S/c2*1-11-8-15(9-12(2)17(11)16(19)10-18)21-14-6-4-13(20-3)5-7-14/h2*4-9H,10H2,1-3H3. The molecule has 0 aromatic heterocycles. The second-order valence-corrected chi connectivity index (χ2v) is 12.9. The van der Waals surface area contributed by atoms with Crippen molar-refractivity contribution in [3.05, 3.63) is 106 Å². The van der Waals surface area contributed by atoms with Gasteiger partial charge in [0.2, 0.25) is 0 Å². The lowest BCUT2D eigenvalue weighted by molar-refractivity contribution is 0.101. The first-order valence-corrected chi connectivity index (χ1v) is 17.0. The van der Waals surface area contributed by atoms with Gasteiger partial charge >= 0.3 is 0 Å². The van der Waals surface area contributed by atoms with E-state index < -0.39 is 0 Å². The fourth-order valence-electron chi connectivity index (χ4n) is 4.54. The van der Waals surface area contributed by atoms with Crippen molar-refractivity contribution in [3.63, 3.8) is 0 Å².